The van der Waals surface area contributed by atoms with Gasteiger partial charge in [-0.2, -0.15) is 10.2 Å². The number of fused-ring (bicyclic) bond motifs is 1. The largest absolute Gasteiger partial charge is 0.158 e. The summed E-state index contributed by atoms with van der Waals surface area (Å²) in [5.74, 6) is 0. The third kappa shape index (κ3) is 0.778. The van der Waals surface area contributed by atoms with E-state index < -0.39 is 0 Å². The second kappa shape index (κ2) is 2.16. The van der Waals surface area contributed by atoms with Gasteiger partial charge in [-0.05, 0) is 0 Å². The van der Waals surface area contributed by atoms with Crippen molar-refractivity contribution >= 4 is 27.9 Å². The summed E-state index contributed by atoms with van der Waals surface area (Å²) >= 11 is 3.46. The van der Waals surface area contributed by atoms with Crippen LogP contribution in [0.2, 0.25) is 0 Å². The normalized spacial score (nSPS) is 27.9. The lowest BCUT2D eigenvalue weighted by Gasteiger charge is -2.07. The van der Waals surface area contributed by atoms with Gasteiger partial charge >= 0.3 is 0 Å². The molecular weight excluding hydrogens is 192 g/mol. The van der Waals surface area contributed by atoms with Crippen LogP contribution in [0.3, 0.4) is 0 Å². The first-order chi connectivity index (χ1) is 4.88. The summed E-state index contributed by atoms with van der Waals surface area (Å²) < 4.78 is 0. The lowest BCUT2D eigenvalue weighted by Crippen LogP contribution is -2.14. The molecule has 0 fully saturated rings. The second-order valence-electron chi connectivity index (χ2n) is 2.14. The Bertz CT molecular complexity index is 273. The van der Waals surface area contributed by atoms with Gasteiger partial charge in [-0.3, -0.25) is 0 Å². The summed E-state index contributed by atoms with van der Waals surface area (Å²) in [5.41, 5.74) is 2.13. The van der Waals surface area contributed by atoms with E-state index in [9.17, 15) is 0 Å². The van der Waals surface area contributed by atoms with Crippen molar-refractivity contribution in [2.75, 3.05) is 0 Å². The maximum absolute atomic E-state index is 3.96. The van der Waals surface area contributed by atoms with Crippen molar-refractivity contribution in [3.63, 3.8) is 0 Å². The Kier molecular flexibility index (Phi) is 1.31. The van der Waals surface area contributed by atoms with Crippen LogP contribution in [0, 0.1) is 0 Å². The van der Waals surface area contributed by atoms with E-state index in [1.807, 2.05) is 18.2 Å². The Morgan fingerprint density at radius 3 is 3.20 bits per heavy atom. The smallest absolute Gasteiger partial charge is 0.0893 e. The molecule has 0 aromatic rings. The maximum Gasteiger partial charge on any atom is 0.0893 e. The van der Waals surface area contributed by atoms with E-state index in [4.69, 9.17) is 0 Å². The summed E-state index contributed by atoms with van der Waals surface area (Å²) in [4.78, 5) is 0.245. The van der Waals surface area contributed by atoms with Crippen molar-refractivity contribution in [3.05, 3.63) is 23.8 Å². The molecule has 2 aliphatic rings. The number of hydrogen-bond acceptors (Lipinski definition) is 2. The fourth-order valence-electron chi connectivity index (χ4n) is 0.968. The van der Waals surface area contributed by atoms with Crippen LogP contribution in [-0.4, -0.2) is 16.8 Å². The molecule has 0 bridgehead atoms. The summed E-state index contributed by atoms with van der Waals surface area (Å²) in [5, 5.41) is 7.76. The summed E-state index contributed by atoms with van der Waals surface area (Å²) in [6.45, 7) is 0. The van der Waals surface area contributed by atoms with Gasteiger partial charge in [0.2, 0.25) is 0 Å². The van der Waals surface area contributed by atoms with Gasteiger partial charge in [-0.15, -0.1) is 0 Å². The SMILES string of the molecule is Br[C@@H]1C=CC=C2C=NN=C21. The zero-order chi connectivity index (χ0) is 6.97. The summed E-state index contributed by atoms with van der Waals surface area (Å²) in [6.07, 6.45) is 7.82. The third-order valence-electron chi connectivity index (χ3n) is 1.48. The highest BCUT2D eigenvalue weighted by Crippen LogP contribution is 2.18. The van der Waals surface area contributed by atoms with Crippen molar-refractivity contribution in [3.8, 4) is 0 Å². The van der Waals surface area contributed by atoms with Crippen LogP contribution in [0.4, 0.5) is 0 Å². The monoisotopic (exact) mass is 196 g/mol. The van der Waals surface area contributed by atoms with Crippen LogP contribution >= 0.6 is 15.9 Å². The molecule has 3 heteroatoms. The number of alkyl halides is 1. The molecular formula is C7H5BrN2. The highest BCUT2D eigenvalue weighted by molar-refractivity contribution is 9.10. The molecule has 50 valence electrons. The Morgan fingerprint density at radius 2 is 2.40 bits per heavy atom. The molecule has 1 aliphatic carbocycles. The molecule has 0 unspecified atom stereocenters. The van der Waals surface area contributed by atoms with E-state index in [0.29, 0.717) is 0 Å². The Labute approximate surface area is 67.2 Å². The average Bonchev–Trinajstić information content (AvgIpc) is 2.36. The van der Waals surface area contributed by atoms with E-state index >= 15 is 0 Å². The van der Waals surface area contributed by atoms with Gasteiger partial charge in [0.1, 0.15) is 0 Å². The second-order valence-corrected chi connectivity index (χ2v) is 3.12. The standard InChI is InChI=1S/C7H5BrN2/c8-6-3-1-2-5-4-9-10-7(5)6/h1-4,6H/t6-/m1/s1. The predicted octanol–water partition coefficient (Wildman–Crippen LogP) is 1.69. The topological polar surface area (TPSA) is 24.7 Å². The highest BCUT2D eigenvalue weighted by Gasteiger charge is 2.18. The molecule has 2 rings (SSSR count). The van der Waals surface area contributed by atoms with Gasteiger partial charge < -0.3 is 0 Å². The first kappa shape index (κ1) is 6.04. The lowest BCUT2D eigenvalue weighted by atomic mass is 10.0. The molecule has 0 saturated carbocycles. The Balaban J connectivity index is 2.45. The van der Waals surface area contributed by atoms with E-state index in [-0.39, 0.29) is 4.83 Å². The Morgan fingerprint density at radius 1 is 1.50 bits per heavy atom. The highest BCUT2D eigenvalue weighted by atomic mass is 79.9. The van der Waals surface area contributed by atoms with Gasteiger partial charge in [0.15, 0.2) is 0 Å². The van der Waals surface area contributed by atoms with Gasteiger partial charge in [0, 0.05) is 5.57 Å². The molecule has 0 aromatic carbocycles. The minimum Gasteiger partial charge on any atom is -0.158 e. The first-order valence-electron chi connectivity index (χ1n) is 3.02. The average molecular weight is 197 g/mol. The van der Waals surface area contributed by atoms with Gasteiger partial charge in [0.25, 0.3) is 0 Å². The number of allylic oxidation sites excluding steroid dienone is 4. The van der Waals surface area contributed by atoms with E-state index in [1.165, 1.54) is 0 Å². The molecule has 0 N–H and O–H groups in total. The number of nitrogens with zero attached hydrogens (tertiary/aromatic N) is 2. The minimum atomic E-state index is 0.245. The molecule has 0 spiro atoms. The van der Waals surface area contributed by atoms with Gasteiger partial charge in [-0.25, -0.2) is 0 Å². The van der Waals surface area contributed by atoms with Crippen LogP contribution in [0.5, 0.6) is 0 Å². The molecule has 1 atom stereocenters. The number of halogens is 1. The van der Waals surface area contributed by atoms with Crippen molar-refractivity contribution in [2.24, 2.45) is 10.2 Å². The maximum atomic E-state index is 3.96. The quantitative estimate of drug-likeness (QED) is 0.528. The van der Waals surface area contributed by atoms with Gasteiger partial charge in [-0.1, -0.05) is 34.2 Å². The lowest BCUT2D eigenvalue weighted by molar-refractivity contribution is 1.26. The fraction of sp³-hybridized carbons (Fsp3) is 0.143. The molecule has 2 nitrogen and oxygen atoms in total. The fourth-order valence-corrected chi connectivity index (χ4v) is 1.50. The van der Waals surface area contributed by atoms with Crippen LogP contribution in [0.15, 0.2) is 34.0 Å². The van der Waals surface area contributed by atoms with E-state index in [1.54, 1.807) is 6.21 Å². The van der Waals surface area contributed by atoms with Gasteiger partial charge in [0.05, 0.1) is 16.8 Å². The van der Waals surface area contributed by atoms with E-state index in [2.05, 4.69) is 26.1 Å². The van der Waals surface area contributed by atoms with Crippen molar-refractivity contribution < 1.29 is 0 Å². The third-order valence-corrected chi connectivity index (χ3v) is 2.21. The van der Waals surface area contributed by atoms with Crippen LogP contribution in [-0.2, 0) is 0 Å². The molecule has 0 saturated heterocycles. The Hall–Kier alpha value is -0.700. The zero-order valence-electron chi connectivity index (χ0n) is 5.16. The molecule has 0 radical (unpaired) electrons. The number of hydrogen-bond donors (Lipinski definition) is 0. The molecule has 1 heterocycles. The minimum absolute atomic E-state index is 0.245. The first-order valence-corrected chi connectivity index (χ1v) is 3.93. The summed E-state index contributed by atoms with van der Waals surface area (Å²) in [7, 11) is 0. The predicted molar refractivity (Wildman–Crippen MR) is 45.9 cm³/mol. The molecule has 0 aromatic heterocycles. The van der Waals surface area contributed by atoms with Crippen molar-refractivity contribution in [1.82, 2.24) is 0 Å². The van der Waals surface area contributed by atoms with Crippen molar-refractivity contribution in [1.29, 1.82) is 0 Å². The number of rotatable bonds is 0. The molecule has 1 aliphatic heterocycles. The van der Waals surface area contributed by atoms with E-state index in [0.717, 1.165) is 11.3 Å². The summed E-state index contributed by atoms with van der Waals surface area (Å²) in [6, 6.07) is 0. The molecule has 0 amide bonds. The van der Waals surface area contributed by atoms with Crippen LogP contribution in [0.1, 0.15) is 0 Å². The molecule has 10 heavy (non-hydrogen) atoms. The van der Waals surface area contributed by atoms with Crippen LogP contribution in [0.25, 0.3) is 0 Å². The van der Waals surface area contributed by atoms with Crippen molar-refractivity contribution in [2.45, 2.75) is 4.83 Å². The van der Waals surface area contributed by atoms with Crippen LogP contribution < -0.4 is 0 Å². The zero-order valence-corrected chi connectivity index (χ0v) is 6.75.